The van der Waals surface area contributed by atoms with E-state index in [-0.39, 0.29) is 11.8 Å². The number of carbonyl (C=O) groups excluding carboxylic acids is 2. The van der Waals surface area contributed by atoms with Gasteiger partial charge in [-0.15, -0.1) is 0 Å². The zero-order valence-corrected chi connectivity index (χ0v) is 19.6. The summed E-state index contributed by atoms with van der Waals surface area (Å²) < 4.78 is 2.03. The summed E-state index contributed by atoms with van der Waals surface area (Å²) in [5.74, 6) is 0.375. The second kappa shape index (κ2) is 9.31. The van der Waals surface area contributed by atoms with Crippen molar-refractivity contribution in [2.45, 2.75) is 26.3 Å². The van der Waals surface area contributed by atoms with E-state index in [1.165, 1.54) is 0 Å². The zero-order chi connectivity index (χ0) is 23.7. The highest BCUT2D eigenvalue weighted by Crippen LogP contribution is 2.35. The van der Waals surface area contributed by atoms with Crippen molar-refractivity contribution in [1.82, 2.24) is 14.7 Å². The second-order valence-corrected chi connectivity index (χ2v) is 9.14. The summed E-state index contributed by atoms with van der Waals surface area (Å²) >= 11 is 6.54. The Morgan fingerprint density at radius 3 is 2.68 bits per heavy atom. The fourth-order valence-electron chi connectivity index (χ4n) is 4.01. The third kappa shape index (κ3) is 4.82. The van der Waals surface area contributed by atoms with Crippen molar-refractivity contribution in [3.63, 3.8) is 0 Å². The van der Waals surface area contributed by atoms with Crippen LogP contribution in [0.1, 0.15) is 35.7 Å². The maximum Gasteiger partial charge on any atom is 0.253 e. The molecule has 0 bridgehead atoms. The van der Waals surface area contributed by atoms with E-state index in [0.29, 0.717) is 35.3 Å². The molecule has 0 aliphatic heterocycles. The average Bonchev–Trinajstić information content (AvgIpc) is 3.55. The van der Waals surface area contributed by atoms with Crippen LogP contribution in [0.4, 0.5) is 5.69 Å². The van der Waals surface area contributed by atoms with Gasteiger partial charge in [-0.1, -0.05) is 17.7 Å². The van der Waals surface area contributed by atoms with Gasteiger partial charge in [0.05, 0.1) is 22.0 Å². The first-order valence-corrected chi connectivity index (χ1v) is 11.7. The van der Waals surface area contributed by atoms with Crippen LogP contribution in [0.5, 0.6) is 0 Å². The van der Waals surface area contributed by atoms with E-state index in [0.717, 1.165) is 35.2 Å². The Kier molecular flexibility index (Phi) is 6.07. The van der Waals surface area contributed by atoms with E-state index in [9.17, 15) is 9.59 Å². The molecule has 0 radical (unpaired) electrons. The summed E-state index contributed by atoms with van der Waals surface area (Å²) in [5.41, 5.74) is 4.86. The van der Waals surface area contributed by atoms with Crippen LogP contribution in [0, 0.1) is 5.92 Å². The van der Waals surface area contributed by atoms with Gasteiger partial charge in [-0.3, -0.25) is 14.6 Å². The molecular formula is C27H25ClN4O2. The molecule has 4 aromatic rings. The molecule has 0 saturated heterocycles. The van der Waals surface area contributed by atoms with Gasteiger partial charge in [0.1, 0.15) is 0 Å². The molecule has 7 heteroatoms. The minimum absolute atomic E-state index is 0.0107. The van der Waals surface area contributed by atoms with Gasteiger partial charge < -0.3 is 14.6 Å². The molecule has 0 unspecified atom stereocenters. The number of nitrogens with one attached hydrogen (secondary N) is 1. The highest BCUT2D eigenvalue weighted by atomic mass is 35.5. The number of amides is 2. The van der Waals surface area contributed by atoms with Gasteiger partial charge >= 0.3 is 0 Å². The maximum atomic E-state index is 12.6. The summed E-state index contributed by atoms with van der Waals surface area (Å²) in [4.78, 5) is 30.9. The Labute approximate surface area is 203 Å². The van der Waals surface area contributed by atoms with Gasteiger partial charge in [-0.2, -0.15) is 0 Å². The standard InChI is InChI=1S/C27H25ClN4O2/c1-18(33)32(17-19-4-5-19)26-9-7-21(14-24(26)28)25-8-6-22(16-29-25)27(34)30-15-20-10-12-31-11-2-3-23(31)13-20/h2-3,6-14,16,19H,4-5,15,17H2,1H3,(H,30,34). The number of anilines is 1. The smallest absolute Gasteiger partial charge is 0.253 e. The van der Waals surface area contributed by atoms with Gasteiger partial charge in [-0.05, 0) is 72.9 Å². The molecule has 6 nitrogen and oxygen atoms in total. The Hall–Kier alpha value is -3.64. The van der Waals surface area contributed by atoms with Gasteiger partial charge in [0.15, 0.2) is 0 Å². The molecule has 0 spiro atoms. The monoisotopic (exact) mass is 472 g/mol. The largest absolute Gasteiger partial charge is 0.348 e. The molecule has 1 aliphatic carbocycles. The first kappa shape index (κ1) is 22.2. The first-order valence-electron chi connectivity index (χ1n) is 11.4. The van der Waals surface area contributed by atoms with Crippen molar-refractivity contribution in [3.8, 4) is 11.3 Å². The lowest BCUT2D eigenvalue weighted by atomic mass is 10.1. The Bertz CT molecular complexity index is 1360. The second-order valence-electron chi connectivity index (χ2n) is 8.73. The number of hydrogen-bond acceptors (Lipinski definition) is 3. The molecule has 1 aliphatic rings. The number of rotatable bonds is 7. The van der Waals surface area contributed by atoms with E-state index < -0.39 is 0 Å². The number of fused-ring (bicyclic) bond motifs is 1. The molecule has 2 amide bonds. The number of carbonyl (C=O) groups is 2. The highest BCUT2D eigenvalue weighted by Gasteiger charge is 2.27. The van der Waals surface area contributed by atoms with E-state index in [1.807, 2.05) is 59.3 Å². The van der Waals surface area contributed by atoms with Gasteiger partial charge in [0, 0.05) is 49.7 Å². The van der Waals surface area contributed by atoms with Crippen LogP contribution in [0.25, 0.3) is 16.8 Å². The van der Waals surface area contributed by atoms with Gasteiger partial charge in [-0.25, -0.2) is 0 Å². The molecule has 0 atom stereocenters. The first-order chi connectivity index (χ1) is 16.5. The zero-order valence-electron chi connectivity index (χ0n) is 18.9. The normalized spacial score (nSPS) is 13.1. The van der Waals surface area contributed by atoms with Crippen molar-refractivity contribution < 1.29 is 9.59 Å². The molecular weight excluding hydrogens is 448 g/mol. The quantitative estimate of drug-likeness (QED) is 0.394. The van der Waals surface area contributed by atoms with Crippen LogP contribution in [0.15, 0.2) is 73.2 Å². The van der Waals surface area contributed by atoms with Crippen molar-refractivity contribution >= 4 is 34.6 Å². The molecule has 1 N–H and O–H groups in total. The lowest BCUT2D eigenvalue weighted by molar-refractivity contribution is -0.116. The van der Waals surface area contributed by atoms with Crippen LogP contribution in [-0.2, 0) is 11.3 Å². The predicted octanol–water partition coefficient (Wildman–Crippen LogP) is 5.35. The number of nitrogens with zero attached hydrogens (tertiary/aromatic N) is 3. The SMILES string of the molecule is CC(=O)N(CC1CC1)c1ccc(-c2ccc(C(=O)NCc3ccn4cccc4c3)cn2)cc1Cl. The molecule has 5 rings (SSSR count). The maximum absolute atomic E-state index is 12.6. The third-order valence-electron chi connectivity index (χ3n) is 6.13. The highest BCUT2D eigenvalue weighted by molar-refractivity contribution is 6.34. The van der Waals surface area contributed by atoms with Crippen LogP contribution in [0.2, 0.25) is 5.02 Å². The fourth-order valence-corrected chi connectivity index (χ4v) is 4.30. The topological polar surface area (TPSA) is 66.7 Å². The number of pyridine rings is 2. The molecule has 3 aromatic heterocycles. The number of aromatic nitrogens is 2. The van der Waals surface area contributed by atoms with Crippen LogP contribution >= 0.6 is 11.6 Å². The Morgan fingerprint density at radius 2 is 1.97 bits per heavy atom. The molecule has 3 heterocycles. The van der Waals surface area contributed by atoms with Crippen molar-refractivity contribution in [1.29, 1.82) is 0 Å². The molecule has 172 valence electrons. The summed E-state index contributed by atoms with van der Waals surface area (Å²) in [5, 5.41) is 3.46. The molecule has 1 fully saturated rings. The van der Waals surface area contributed by atoms with Gasteiger partial charge in [0.25, 0.3) is 5.91 Å². The van der Waals surface area contributed by atoms with Gasteiger partial charge in [0.2, 0.25) is 5.91 Å². The van der Waals surface area contributed by atoms with Crippen molar-refractivity contribution in [2.75, 3.05) is 11.4 Å². The number of hydrogen-bond donors (Lipinski definition) is 1. The lowest BCUT2D eigenvalue weighted by Crippen LogP contribution is -2.30. The van der Waals surface area contributed by atoms with E-state index in [2.05, 4.69) is 10.3 Å². The third-order valence-corrected chi connectivity index (χ3v) is 6.43. The Morgan fingerprint density at radius 1 is 1.12 bits per heavy atom. The molecule has 1 aromatic carbocycles. The van der Waals surface area contributed by atoms with Crippen molar-refractivity contribution in [2.24, 2.45) is 5.92 Å². The van der Waals surface area contributed by atoms with E-state index >= 15 is 0 Å². The Balaban J connectivity index is 1.26. The summed E-state index contributed by atoms with van der Waals surface area (Å²) in [6.07, 6.45) is 7.85. The number of benzene rings is 1. The predicted molar refractivity (Wildman–Crippen MR) is 134 cm³/mol. The van der Waals surface area contributed by atoms with Crippen LogP contribution in [-0.4, -0.2) is 27.7 Å². The minimum Gasteiger partial charge on any atom is -0.348 e. The number of halogens is 1. The summed E-state index contributed by atoms with van der Waals surface area (Å²) in [7, 11) is 0. The molecule has 34 heavy (non-hydrogen) atoms. The van der Waals surface area contributed by atoms with Crippen LogP contribution in [0.3, 0.4) is 0 Å². The summed E-state index contributed by atoms with van der Waals surface area (Å²) in [6, 6.07) is 17.2. The van der Waals surface area contributed by atoms with Crippen LogP contribution < -0.4 is 10.2 Å². The molecule has 1 saturated carbocycles. The average molecular weight is 473 g/mol. The van der Waals surface area contributed by atoms with Crippen molar-refractivity contribution in [3.05, 3.63) is 89.3 Å². The van der Waals surface area contributed by atoms with E-state index in [1.54, 1.807) is 30.2 Å². The minimum atomic E-state index is -0.181. The lowest BCUT2D eigenvalue weighted by Gasteiger charge is -2.22. The fraction of sp³-hybridized carbons (Fsp3) is 0.222. The van der Waals surface area contributed by atoms with E-state index in [4.69, 9.17) is 11.6 Å². The summed E-state index contributed by atoms with van der Waals surface area (Å²) in [6.45, 7) is 2.71.